The van der Waals surface area contributed by atoms with Crippen LogP contribution in [0.15, 0.2) is 48.5 Å². The summed E-state index contributed by atoms with van der Waals surface area (Å²) in [6.07, 6.45) is 0. The predicted molar refractivity (Wildman–Crippen MR) is 87.4 cm³/mol. The number of ether oxygens (including phenoxy) is 2. The molecule has 0 aliphatic carbocycles. The van der Waals surface area contributed by atoms with Crippen LogP contribution < -0.4 is 0 Å². The topological polar surface area (TPSA) is 18.5 Å². The van der Waals surface area contributed by atoms with Crippen molar-refractivity contribution in [2.75, 3.05) is 27.4 Å². The summed E-state index contributed by atoms with van der Waals surface area (Å²) in [6, 6.07) is 15.4. The molecule has 0 atom stereocenters. The molecule has 21 heavy (non-hydrogen) atoms. The molecule has 0 aliphatic heterocycles. The minimum absolute atomic E-state index is 0.425. The Morgan fingerprint density at radius 2 is 1.14 bits per heavy atom. The van der Waals surface area contributed by atoms with Gasteiger partial charge in [-0.05, 0) is 23.3 Å². The summed E-state index contributed by atoms with van der Waals surface area (Å²) in [5, 5.41) is 1.35. The van der Waals surface area contributed by atoms with Crippen molar-refractivity contribution >= 4 is 23.2 Å². The van der Waals surface area contributed by atoms with Gasteiger partial charge in [-0.1, -0.05) is 59.6 Å². The molecule has 0 amide bonds. The second-order valence-corrected chi connectivity index (χ2v) is 5.72. The molecule has 2 nitrogen and oxygen atoms in total. The van der Waals surface area contributed by atoms with Crippen LogP contribution in [-0.4, -0.2) is 27.4 Å². The molecule has 0 saturated heterocycles. The van der Waals surface area contributed by atoms with E-state index >= 15 is 0 Å². The minimum atomic E-state index is -0.541. The summed E-state index contributed by atoms with van der Waals surface area (Å²) >= 11 is 12.9. The van der Waals surface area contributed by atoms with Gasteiger partial charge in [0.15, 0.2) is 0 Å². The molecule has 2 aromatic rings. The zero-order chi connectivity index (χ0) is 15.3. The van der Waals surface area contributed by atoms with Crippen LogP contribution in [0.1, 0.15) is 11.1 Å². The van der Waals surface area contributed by atoms with Crippen molar-refractivity contribution in [2.24, 2.45) is 0 Å². The fourth-order valence-electron chi connectivity index (χ4n) is 2.69. The molecule has 0 aliphatic rings. The number of halogens is 2. The molecule has 0 unspecified atom stereocenters. The quantitative estimate of drug-likeness (QED) is 0.774. The van der Waals surface area contributed by atoms with E-state index in [2.05, 4.69) is 0 Å². The van der Waals surface area contributed by atoms with Gasteiger partial charge in [-0.3, -0.25) is 0 Å². The third-order valence-corrected chi connectivity index (χ3v) is 4.22. The highest BCUT2D eigenvalue weighted by Crippen LogP contribution is 2.40. The molecule has 0 aromatic heterocycles. The zero-order valence-electron chi connectivity index (χ0n) is 12.1. The Bertz CT molecular complexity index is 545. The number of benzene rings is 2. The SMILES string of the molecule is COCC(COC)(c1ccccc1Cl)c1ccccc1Cl. The van der Waals surface area contributed by atoms with Crippen LogP contribution in [0, 0.1) is 0 Å². The van der Waals surface area contributed by atoms with E-state index in [1.54, 1.807) is 14.2 Å². The standard InChI is InChI=1S/C17H18Cl2O2/c1-20-11-17(12-21-2,13-7-3-5-9-15(13)18)14-8-4-6-10-16(14)19/h3-10H,11-12H2,1-2H3. The average Bonchev–Trinajstić information content (AvgIpc) is 2.48. The zero-order valence-corrected chi connectivity index (χ0v) is 13.6. The summed E-state index contributed by atoms with van der Waals surface area (Å²) in [4.78, 5) is 0. The highest BCUT2D eigenvalue weighted by molar-refractivity contribution is 6.32. The monoisotopic (exact) mass is 324 g/mol. The number of hydrogen-bond acceptors (Lipinski definition) is 2. The maximum atomic E-state index is 6.43. The second-order valence-electron chi connectivity index (χ2n) is 4.91. The molecule has 2 rings (SSSR count). The summed E-state index contributed by atoms with van der Waals surface area (Å²) in [7, 11) is 3.33. The molecule has 0 heterocycles. The van der Waals surface area contributed by atoms with Crippen molar-refractivity contribution in [3.63, 3.8) is 0 Å². The Balaban J connectivity index is 2.69. The Labute approximate surface area is 135 Å². The lowest BCUT2D eigenvalue weighted by Crippen LogP contribution is -2.38. The lowest BCUT2D eigenvalue weighted by Gasteiger charge is -2.35. The maximum Gasteiger partial charge on any atom is 0.0698 e. The van der Waals surface area contributed by atoms with E-state index < -0.39 is 5.41 Å². The van der Waals surface area contributed by atoms with Crippen molar-refractivity contribution in [1.82, 2.24) is 0 Å². The molecule has 0 spiro atoms. The number of hydrogen-bond donors (Lipinski definition) is 0. The largest absolute Gasteiger partial charge is 0.383 e. The molecule has 0 radical (unpaired) electrons. The van der Waals surface area contributed by atoms with Crippen LogP contribution >= 0.6 is 23.2 Å². The first-order valence-corrected chi connectivity index (χ1v) is 7.39. The Morgan fingerprint density at radius 1 is 0.762 bits per heavy atom. The van der Waals surface area contributed by atoms with Crippen molar-refractivity contribution < 1.29 is 9.47 Å². The van der Waals surface area contributed by atoms with Gasteiger partial charge < -0.3 is 9.47 Å². The van der Waals surface area contributed by atoms with Gasteiger partial charge in [-0.15, -0.1) is 0 Å². The van der Waals surface area contributed by atoms with Gasteiger partial charge in [0.2, 0.25) is 0 Å². The van der Waals surface area contributed by atoms with Gasteiger partial charge >= 0.3 is 0 Å². The normalized spacial score (nSPS) is 11.6. The molecule has 2 aromatic carbocycles. The first-order valence-electron chi connectivity index (χ1n) is 6.63. The van der Waals surface area contributed by atoms with Crippen molar-refractivity contribution in [3.8, 4) is 0 Å². The van der Waals surface area contributed by atoms with Crippen molar-refractivity contribution in [3.05, 3.63) is 69.7 Å². The summed E-state index contributed by atoms with van der Waals surface area (Å²) in [5.41, 5.74) is 1.35. The molecular formula is C17H18Cl2O2. The van der Waals surface area contributed by atoms with E-state index in [9.17, 15) is 0 Å². The summed E-state index contributed by atoms with van der Waals surface area (Å²) in [5.74, 6) is 0. The first-order chi connectivity index (χ1) is 10.2. The van der Waals surface area contributed by atoms with Gasteiger partial charge in [0, 0.05) is 24.3 Å². The summed E-state index contributed by atoms with van der Waals surface area (Å²) < 4.78 is 11.0. The first kappa shape index (κ1) is 16.3. The fraction of sp³-hybridized carbons (Fsp3) is 0.294. The lowest BCUT2D eigenvalue weighted by atomic mass is 9.75. The molecular weight excluding hydrogens is 307 g/mol. The second kappa shape index (κ2) is 7.28. The van der Waals surface area contributed by atoms with Crippen molar-refractivity contribution in [1.29, 1.82) is 0 Å². The maximum absolute atomic E-state index is 6.43. The molecule has 0 fully saturated rings. The highest BCUT2D eigenvalue weighted by Gasteiger charge is 2.37. The van der Waals surface area contributed by atoms with E-state index in [0.717, 1.165) is 11.1 Å². The molecule has 112 valence electrons. The number of methoxy groups -OCH3 is 2. The van der Waals surface area contributed by atoms with Crippen LogP contribution in [0.5, 0.6) is 0 Å². The molecule has 4 heteroatoms. The summed E-state index contributed by atoms with van der Waals surface area (Å²) in [6.45, 7) is 0.850. The fourth-order valence-corrected chi connectivity index (χ4v) is 3.32. The van der Waals surface area contributed by atoms with E-state index in [-0.39, 0.29) is 0 Å². The molecule has 0 bridgehead atoms. The van der Waals surface area contributed by atoms with Crippen LogP contribution in [0.2, 0.25) is 10.0 Å². The third kappa shape index (κ3) is 3.24. The Kier molecular flexibility index (Phi) is 5.65. The molecule has 0 saturated carbocycles. The van der Waals surface area contributed by atoms with E-state index in [1.165, 1.54) is 0 Å². The minimum Gasteiger partial charge on any atom is -0.383 e. The Hall–Kier alpha value is -1.06. The van der Waals surface area contributed by atoms with E-state index in [0.29, 0.717) is 23.3 Å². The van der Waals surface area contributed by atoms with Gasteiger partial charge in [-0.2, -0.15) is 0 Å². The van der Waals surface area contributed by atoms with Crippen LogP contribution in [0.25, 0.3) is 0 Å². The van der Waals surface area contributed by atoms with Crippen LogP contribution in [0.3, 0.4) is 0 Å². The highest BCUT2D eigenvalue weighted by atomic mass is 35.5. The Morgan fingerprint density at radius 3 is 1.48 bits per heavy atom. The average molecular weight is 325 g/mol. The van der Waals surface area contributed by atoms with Gasteiger partial charge in [0.25, 0.3) is 0 Å². The predicted octanol–water partition coefficient (Wildman–Crippen LogP) is 4.57. The molecule has 0 N–H and O–H groups in total. The smallest absolute Gasteiger partial charge is 0.0698 e. The lowest BCUT2D eigenvalue weighted by molar-refractivity contribution is 0.0794. The van der Waals surface area contributed by atoms with Crippen LogP contribution in [0.4, 0.5) is 0 Å². The van der Waals surface area contributed by atoms with E-state index in [4.69, 9.17) is 32.7 Å². The van der Waals surface area contributed by atoms with Crippen molar-refractivity contribution in [2.45, 2.75) is 5.41 Å². The van der Waals surface area contributed by atoms with E-state index in [1.807, 2.05) is 48.5 Å². The van der Waals surface area contributed by atoms with Gasteiger partial charge in [0.1, 0.15) is 0 Å². The van der Waals surface area contributed by atoms with Gasteiger partial charge in [-0.25, -0.2) is 0 Å². The third-order valence-electron chi connectivity index (χ3n) is 3.56. The number of rotatable bonds is 6. The van der Waals surface area contributed by atoms with Crippen LogP contribution in [-0.2, 0) is 14.9 Å². The van der Waals surface area contributed by atoms with Gasteiger partial charge in [0.05, 0.1) is 18.6 Å².